The summed E-state index contributed by atoms with van der Waals surface area (Å²) in [7, 11) is 0. The number of ether oxygens (including phenoxy) is 2. The van der Waals surface area contributed by atoms with Crippen LogP contribution in [0, 0.1) is 11.3 Å². The molecule has 35 heavy (non-hydrogen) atoms. The predicted molar refractivity (Wildman–Crippen MR) is 122 cm³/mol. The maximum Gasteiger partial charge on any atom is 0.586 e. The van der Waals surface area contributed by atoms with Crippen LogP contribution in [-0.4, -0.2) is 16.8 Å². The van der Waals surface area contributed by atoms with Crippen molar-refractivity contribution >= 4 is 22.6 Å². The number of fused-ring (bicyclic) bond motifs is 2. The first-order valence-electron chi connectivity index (χ1n) is 10.6. The Bertz CT molecular complexity index is 1600. The number of pyridine rings is 1. The van der Waals surface area contributed by atoms with Crippen LogP contribution < -0.4 is 20.3 Å². The lowest BCUT2D eigenvalue weighted by atomic mass is 10.0. The molecule has 5 rings (SSSR count). The topological polar surface area (TPSA) is 106 Å². The van der Waals surface area contributed by atoms with Gasteiger partial charge in [0.2, 0.25) is 5.76 Å². The molecule has 0 spiro atoms. The van der Waals surface area contributed by atoms with Crippen LogP contribution in [0.2, 0.25) is 0 Å². The number of halogens is 2. The minimum absolute atomic E-state index is 0.0768. The Labute approximate surface area is 196 Å². The van der Waals surface area contributed by atoms with E-state index in [0.717, 1.165) is 0 Å². The minimum Gasteiger partial charge on any atom is -0.450 e. The first-order valence-corrected chi connectivity index (χ1v) is 10.6. The number of nitrogens with zero attached hydrogens (tertiary/aromatic N) is 2. The number of hydrogen-bond acceptors (Lipinski definition) is 6. The molecule has 1 amide bonds. The molecular weight excluding hydrogens is 460 g/mol. The van der Waals surface area contributed by atoms with Gasteiger partial charge in [0.15, 0.2) is 11.5 Å². The van der Waals surface area contributed by atoms with Crippen LogP contribution in [0.25, 0.3) is 22.1 Å². The van der Waals surface area contributed by atoms with Gasteiger partial charge in [-0.05, 0) is 38.1 Å². The lowest BCUT2D eigenvalue weighted by molar-refractivity contribution is -0.286. The Hall–Kier alpha value is -4.65. The molecule has 1 aliphatic rings. The molecule has 0 aliphatic carbocycles. The highest BCUT2D eigenvalue weighted by Gasteiger charge is 2.43. The van der Waals surface area contributed by atoms with Gasteiger partial charge in [-0.2, -0.15) is 5.26 Å². The highest BCUT2D eigenvalue weighted by Crippen LogP contribution is 2.42. The third-order valence-corrected chi connectivity index (χ3v) is 5.47. The fourth-order valence-corrected chi connectivity index (χ4v) is 3.91. The lowest BCUT2D eigenvalue weighted by Crippen LogP contribution is -2.25. The van der Waals surface area contributed by atoms with Gasteiger partial charge < -0.3 is 23.8 Å². The zero-order chi connectivity index (χ0) is 24.9. The van der Waals surface area contributed by atoms with Gasteiger partial charge in [-0.1, -0.05) is 18.2 Å². The molecule has 3 heterocycles. The summed E-state index contributed by atoms with van der Waals surface area (Å²) in [5.41, 5.74) is 0.892. The maximum absolute atomic E-state index is 13.3. The summed E-state index contributed by atoms with van der Waals surface area (Å²) in [4.78, 5) is 25.9. The number of aromatic nitrogens is 1. The summed E-state index contributed by atoms with van der Waals surface area (Å²) < 4.78 is 42.8. The Kier molecular flexibility index (Phi) is 5.06. The minimum atomic E-state index is -3.78. The summed E-state index contributed by atoms with van der Waals surface area (Å²) >= 11 is 0. The Morgan fingerprint density at radius 3 is 2.60 bits per heavy atom. The summed E-state index contributed by atoms with van der Waals surface area (Å²) in [6.45, 7) is 3.60. The molecule has 8 nitrogen and oxygen atoms in total. The number of para-hydroxylation sites is 1. The standard InChI is InChI=1S/C25H17F2N3O5/c1-13(2)30-12-15(9-14(11-28)24(30)32)21-17-5-3-4-6-18(17)33-22(21)23(31)29-16-7-8-19-20(10-16)35-25(26,27)34-19/h3-10,12-13H,1-2H3,(H,29,31). The molecule has 0 fully saturated rings. The fourth-order valence-electron chi connectivity index (χ4n) is 3.91. The van der Waals surface area contributed by atoms with Gasteiger partial charge in [-0.25, -0.2) is 0 Å². The molecular formula is C25H17F2N3O5. The molecule has 0 unspecified atom stereocenters. The van der Waals surface area contributed by atoms with Crippen LogP contribution in [0.4, 0.5) is 14.5 Å². The number of hydrogen-bond donors (Lipinski definition) is 1. The second-order valence-corrected chi connectivity index (χ2v) is 8.15. The summed E-state index contributed by atoms with van der Waals surface area (Å²) in [6.07, 6.45) is -2.21. The van der Waals surface area contributed by atoms with E-state index >= 15 is 0 Å². The van der Waals surface area contributed by atoms with Crippen molar-refractivity contribution in [1.29, 1.82) is 5.26 Å². The van der Waals surface area contributed by atoms with Crippen molar-refractivity contribution < 1.29 is 27.5 Å². The molecule has 2 aromatic carbocycles. The number of anilines is 1. The van der Waals surface area contributed by atoms with E-state index in [1.54, 1.807) is 44.3 Å². The average molecular weight is 477 g/mol. The van der Waals surface area contributed by atoms with Crippen LogP contribution in [0.3, 0.4) is 0 Å². The van der Waals surface area contributed by atoms with E-state index in [-0.39, 0.29) is 34.6 Å². The Balaban J connectivity index is 1.61. The largest absolute Gasteiger partial charge is 0.586 e. The van der Waals surface area contributed by atoms with Gasteiger partial charge in [-0.3, -0.25) is 9.59 Å². The van der Waals surface area contributed by atoms with E-state index in [1.165, 1.54) is 28.8 Å². The number of nitriles is 1. The zero-order valence-corrected chi connectivity index (χ0v) is 18.5. The quantitative estimate of drug-likeness (QED) is 0.428. The van der Waals surface area contributed by atoms with Gasteiger partial charge >= 0.3 is 6.29 Å². The summed E-state index contributed by atoms with van der Waals surface area (Å²) in [5.74, 6) is -1.12. The van der Waals surface area contributed by atoms with E-state index in [4.69, 9.17) is 4.42 Å². The second kappa shape index (κ2) is 7.99. The summed E-state index contributed by atoms with van der Waals surface area (Å²) in [5, 5.41) is 12.7. The van der Waals surface area contributed by atoms with Crippen molar-refractivity contribution in [2.75, 3.05) is 5.32 Å². The molecule has 1 N–H and O–H groups in total. The number of furan rings is 1. The van der Waals surface area contributed by atoms with Crippen LogP contribution in [0.5, 0.6) is 11.5 Å². The maximum atomic E-state index is 13.3. The number of benzene rings is 2. The first kappa shape index (κ1) is 22.2. The number of alkyl halides is 2. The highest BCUT2D eigenvalue weighted by molar-refractivity contribution is 6.12. The number of amides is 1. The van der Waals surface area contributed by atoms with E-state index in [1.807, 2.05) is 6.07 Å². The number of nitrogens with one attached hydrogen (secondary N) is 1. The van der Waals surface area contributed by atoms with Crippen LogP contribution in [0.15, 0.2) is 63.9 Å². The van der Waals surface area contributed by atoms with Crippen molar-refractivity contribution in [3.8, 4) is 28.7 Å². The fraction of sp³-hybridized carbons (Fsp3) is 0.160. The van der Waals surface area contributed by atoms with Crippen LogP contribution in [0.1, 0.15) is 36.0 Å². The van der Waals surface area contributed by atoms with Gasteiger partial charge in [0.05, 0.1) is 0 Å². The molecule has 0 atom stereocenters. The van der Waals surface area contributed by atoms with Crippen molar-refractivity contribution in [2.45, 2.75) is 26.2 Å². The van der Waals surface area contributed by atoms with E-state index < -0.39 is 17.8 Å². The van der Waals surface area contributed by atoms with E-state index in [2.05, 4.69) is 14.8 Å². The Morgan fingerprint density at radius 1 is 1.11 bits per heavy atom. The number of rotatable bonds is 4. The third-order valence-electron chi connectivity index (χ3n) is 5.47. The Morgan fingerprint density at radius 2 is 1.86 bits per heavy atom. The molecule has 176 valence electrons. The first-order chi connectivity index (χ1) is 16.7. The van der Waals surface area contributed by atoms with Crippen molar-refractivity contribution in [1.82, 2.24) is 4.57 Å². The molecule has 10 heteroatoms. The van der Waals surface area contributed by atoms with Crippen molar-refractivity contribution in [3.05, 3.63) is 76.4 Å². The monoisotopic (exact) mass is 477 g/mol. The van der Waals surface area contributed by atoms with Gasteiger partial charge in [0.1, 0.15) is 17.2 Å². The average Bonchev–Trinajstić information content (AvgIpc) is 3.35. The summed E-state index contributed by atoms with van der Waals surface area (Å²) in [6, 6.07) is 13.9. The van der Waals surface area contributed by atoms with E-state index in [0.29, 0.717) is 22.1 Å². The number of carbonyl (C=O) groups excluding carboxylic acids is 1. The smallest absolute Gasteiger partial charge is 0.450 e. The molecule has 0 saturated carbocycles. The molecule has 0 saturated heterocycles. The van der Waals surface area contributed by atoms with Crippen molar-refractivity contribution in [3.63, 3.8) is 0 Å². The van der Waals surface area contributed by atoms with Gasteiger partial charge in [-0.15, -0.1) is 8.78 Å². The molecule has 0 radical (unpaired) electrons. The lowest BCUT2D eigenvalue weighted by Gasteiger charge is -2.13. The third kappa shape index (κ3) is 3.87. The van der Waals surface area contributed by atoms with Gasteiger partial charge in [0.25, 0.3) is 11.5 Å². The predicted octanol–water partition coefficient (Wildman–Crippen LogP) is 5.29. The SMILES string of the molecule is CC(C)n1cc(-c2c(C(=O)Nc3ccc4c(c3)OC(F)(F)O4)oc3ccccc23)cc(C#N)c1=O. The zero-order valence-electron chi connectivity index (χ0n) is 18.5. The molecule has 0 bridgehead atoms. The molecule has 4 aromatic rings. The second-order valence-electron chi connectivity index (χ2n) is 8.15. The van der Waals surface area contributed by atoms with E-state index in [9.17, 15) is 23.6 Å². The highest BCUT2D eigenvalue weighted by atomic mass is 19.3. The normalized spacial score (nSPS) is 13.7. The van der Waals surface area contributed by atoms with Crippen molar-refractivity contribution in [2.24, 2.45) is 0 Å². The molecule has 1 aliphatic heterocycles. The van der Waals surface area contributed by atoms with Gasteiger partial charge in [0, 0.05) is 40.5 Å². The van der Waals surface area contributed by atoms with Crippen LogP contribution >= 0.6 is 0 Å². The number of carbonyl (C=O) groups is 1. The van der Waals surface area contributed by atoms with Crippen LogP contribution in [-0.2, 0) is 0 Å². The molecule has 2 aromatic heterocycles.